The second kappa shape index (κ2) is 7.76. The first-order valence-electron chi connectivity index (χ1n) is 7.51. The molecule has 0 saturated carbocycles. The number of nitrogens with one attached hydrogen (secondary N) is 1. The van der Waals surface area contributed by atoms with Gasteiger partial charge in [0, 0.05) is 31.3 Å². The van der Waals surface area contributed by atoms with Gasteiger partial charge >= 0.3 is 12.0 Å². The van der Waals surface area contributed by atoms with Crippen LogP contribution in [0.25, 0.3) is 0 Å². The van der Waals surface area contributed by atoms with Crippen molar-refractivity contribution in [3.05, 3.63) is 0 Å². The van der Waals surface area contributed by atoms with Gasteiger partial charge in [0.25, 0.3) is 0 Å². The number of aliphatic carboxylic acids is 1. The largest absolute Gasteiger partial charge is 0.481 e. The lowest BCUT2D eigenvalue weighted by Gasteiger charge is -2.32. The first-order valence-corrected chi connectivity index (χ1v) is 8.56. The lowest BCUT2D eigenvalue weighted by atomic mass is 9.94. The molecular weight excluding hydrogens is 276 g/mol. The zero-order chi connectivity index (χ0) is 14.4. The maximum atomic E-state index is 12.1. The van der Waals surface area contributed by atoms with E-state index in [0.717, 1.165) is 19.4 Å². The van der Waals surface area contributed by atoms with E-state index in [0.29, 0.717) is 18.3 Å². The minimum absolute atomic E-state index is 0.0185. The van der Waals surface area contributed by atoms with E-state index >= 15 is 0 Å². The zero-order valence-electron chi connectivity index (χ0n) is 11.8. The van der Waals surface area contributed by atoms with Crippen molar-refractivity contribution in [1.29, 1.82) is 0 Å². The maximum absolute atomic E-state index is 12.1. The molecule has 1 unspecified atom stereocenters. The van der Waals surface area contributed by atoms with E-state index in [1.54, 1.807) is 0 Å². The Labute approximate surface area is 124 Å². The summed E-state index contributed by atoms with van der Waals surface area (Å²) in [6.45, 7) is 2.13. The molecule has 0 aromatic heterocycles. The van der Waals surface area contributed by atoms with E-state index < -0.39 is 5.97 Å². The fraction of sp³-hybridized carbons (Fsp3) is 0.857. The fourth-order valence-corrected chi connectivity index (χ4v) is 4.11. The highest BCUT2D eigenvalue weighted by atomic mass is 32.2. The van der Waals surface area contributed by atoms with Crippen LogP contribution >= 0.6 is 11.8 Å². The van der Waals surface area contributed by atoms with Gasteiger partial charge in [-0.15, -0.1) is 0 Å². The topological polar surface area (TPSA) is 69.6 Å². The van der Waals surface area contributed by atoms with Crippen molar-refractivity contribution in [2.45, 2.75) is 43.8 Å². The van der Waals surface area contributed by atoms with Crippen LogP contribution in [0.3, 0.4) is 0 Å². The van der Waals surface area contributed by atoms with Crippen LogP contribution in [0.2, 0.25) is 0 Å². The lowest BCUT2D eigenvalue weighted by molar-refractivity contribution is -0.138. The van der Waals surface area contributed by atoms with Crippen LogP contribution in [0.15, 0.2) is 0 Å². The summed E-state index contributed by atoms with van der Waals surface area (Å²) in [7, 11) is 0. The number of nitrogens with zero attached hydrogens (tertiary/aromatic N) is 1. The third-order valence-corrected chi connectivity index (χ3v) is 5.52. The Morgan fingerprint density at radius 1 is 1.20 bits per heavy atom. The number of rotatable bonds is 4. The van der Waals surface area contributed by atoms with Crippen LogP contribution in [0, 0.1) is 5.92 Å². The van der Waals surface area contributed by atoms with Gasteiger partial charge in [0.15, 0.2) is 0 Å². The second-order valence-electron chi connectivity index (χ2n) is 5.70. The summed E-state index contributed by atoms with van der Waals surface area (Å²) in [4.78, 5) is 24.5. The summed E-state index contributed by atoms with van der Waals surface area (Å²) in [5, 5.41) is 12.4. The molecule has 2 rings (SSSR count). The van der Waals surface area contributed by atoms with Crippen molar-refractivity contribution in [2.24, 2.45) is 5.92 Å². The molecule has 2 aliphatic rings. The quantitative estimate of drug-likeness (QED) is 0.835. The van der Waals surface area contributed by atoms with E-state index in [1.165, 1.54) is 25.0 Å². The molecule has 2 N–H and O–H groups in total. The molecule has 2 aliphatic heterocycles. The zero-order valence-corrected chi connectivity index (χ0v) is 12.7. The van der Waals surface area contributed by atoms with Crippen molar-refractivity contribution in [2.75, 3.05) is 25.4 Å². The number of carbonyl (C=O) groups is 2. The molecule has 6 heteroatoms. The Kier molecular flexibility index (Phi) is 6.01. The monoisotopic (exact) mass is 300 g/mol. The minimum Gasteiger partial charge on any atom is -0.481 e. The van der Waals surface area contributed by atoms with E-state index in [-0.39, 0.29) is 18.4 Å². The number of hydrogen-bond donors (Lipinski definition) is 2. The highest BCUT2D eigenvalue weighted by molar-refractivity contribution is 7.99. The molecule has 2 saturated heterocycles. The van der Waals surface area contributed by atoms with Gasteiger partial charge in [-0.1, -0.05) is 6.42 Å². The van der Waals surface area contributed by atoms with E-state index in [9.17, 15) is 9.59 Å². The highest BCUT2D eigenvalue weighted by Gasteiger charge is 2.24. The Morgan fingerprint density at radius 2 is 1.95 bits per heavy atom. The maximum Gasteiger partial charge on any atom is 0.317 e. The Bertz CT molecular complexity index is 337. The average molecular weight is 300 g/mol. The molecule has 114 valence electrons. The molecule has 0 spiro atoms. The lowest BCUT2D eigenvalue weighted by Crippen LogP contribution is -2.46. The molecule has 2 fully saturated rings. The molecule has 0 aliphatic carbocycles. The standard InChI is InChI=1S/C14H24N2O3S/c17-13(18)9-11-4-6-16(7-5-11)14(19)15-10-12-3-1-2-8-20-12/h11-12H,1-10H2,(H,15,19)(H,17,18). The van der Waals surface area contributed by atoms with Gasteiger partial charge in [0.1, 0.15) is 0 Å². The number of likely N-dealkylation sites (tertiary alicyclic amines) is 1. The minimum atomic E-state index is -0.734. The number of amides is 2. The summed E-state index contributed by atoms with van der Waals surface area (Å²) in [5.41, 5.74) is 0. The number of thioether (sulfide) groups is 1. The normalized spacial score (nSPS) is 24.4. The highest BCUT2D eigenvalue weighted by Crippen LogP contribution is 2.24. The smallest absolute Gasteiger partial charge is 0.317 e. The second-order valence-corrected chi connectivity index (χ2v) is 7.11. The van der Waals surface area contributed by atoms with Crippen molar-refractivity contribution >= 4 is 23.8 Å². The van der Waals surface area contributed by atoms with Crippen LogP contribution in [-0.2, 0) is 4.79 Å². The molecule has 0 bridgehead atoms. The molecule has 2 amide bonds. The van der Waals surface area contributed by atoms with Crippen molar-refractivity contribution < 1.29 is 14.7 Å². The summed E-state index contributed by atoms with van der Waals surface area (Å²) in [6.07, 6.45) is 5.61. The van der Waals surface area contributed by atoms with Crippen LogP contribution < -0.4 is 5.32 Å². The summed E-state index contributed by atoms with van der Waals surface area (Å²) >= 11 is 1.96. The summed E-state index contributed by atoms with van der Waals surface area (Å²) in [6, 6.07) is 0.0185. The van der Waals surface area contributed by atoms with E-state index in [1.807, 2.05) is 16.7 Å². The summed E-state index contributed by atoms with van der Waals surface area (Å²) in [5.74, 6) is 0.703. The molecule has 1 atom stereocenters. The number of carboxylic acid groups (broad SMARTS) is 1. The Balaban J connectivity index is 1.65. The molecule has 20 heavy (non-hydrogen) atoms. The molecule has 0 radical (unpaired) electrons. The van der Waals surface area contributed by atoms with Gasteiger partial charge < -0.3 is 15.3 Å². The number of carboxylic acids is 1. The summed E-state index contributed by atoms with van der Waals surface area (Å²) < 4.78 is 0. The van der Waals surface area contributed by atoms with Crippen LogP contribution in [0.1, 0.15) is 38.5 Å². The number of carbonyl (C=O) groups excluding carboxylic acids is 1. The first-order chi connectivity index (χ1) is 9.65. The van der Waals surface area contributed by atoms with Crippen molar-refractivity contribution in [3.8, 4) is 0 Å². The predicted molar refractivity (Wildman–Crippen MR) is 80.0 cm³/mol. The van der Waals surface area contributed by atoms with Gasteiger partial charge in [-0.25, -0.2) is 4.79 Å². The first kappa shape index (κ1) is 15.5. The van der Waals surface area contributed by atoms with Gasteiger partial charge in [0.05, 0.1) is 0 Å². The van der Waals surface area contributed by atoms with Gasteiger partial charge in [0.2, 0.25) is 0 Å². The van der Waals surface area contributed by atoms with Crippen LogP contribution in [0.5, 0.6) is 0 Å². The van der Waals surface area contributed by atoms with Crippen LogP contribution in [-0.4, -0.2) is 52.6 Å². The van der Waals surface area contributed by atoms with Gasteiger partial charge in [-0.05, 0) is 37.4 Å². The fourth-order valence-electron chi connectivity index (χ4n) is 2.87. The van der Waals surface area contributed by atoms with Crippen LogP contribution in [0.4, 0.5) is 4.79 Å². The molecule has 2 heterocycles. The Hall–Kier alpha value is -0.910. The predicted octanol–water partition coefficient (Wildman–Crippen LogP) is 2.17. The van der Waals surface area contributed by atoms with E-state index in [2.05, 4.69) is 5.32 Å². The Morgan fingerprint density at radius 3 is 2.55 bits per heavy atom. The third-order valence-electron chi connectivity index (χ3n) is 4.12. The van der Waals surface area contributed by atoms with E-state index in [4.69, 9.17) is 5.11 Å². The van der Waals surface area contributed by atoms with Gasteiger partial charge in [-0.3, -0.25) is 4.79 Å². The number of hydrogen-bond acceptors (Lipinski definition) is 3. The molecule has 0 aromatic carbocycles. The molecular formula is C14H24N2O3S. The SMILES string of the molecule is O=C(O)CC1CCN(C(=O)NCC2CCCCS2)CC1. The molecule has 0 aromatic rings. The van der Waals surface area contributed by atoms with Gasteiger partial charge in [-0.2, -0.15) is 11.8 Å². The number of piperidine rings is 1. The van der Waals surface area contributed by atoms with Crippen molar-refractivity contribution in [3.63, 3.8) is 0 Å². The number of urea groups is 1. The molecule has 5 nitrogen and oxygen atoms in total. The van der Waals surface area contributed by atoms with Crippen molar-refractivity contribution in [1.82, 2.24) is 10.2 Å². The third kappa shape index (κ3) is 4.89. The average Bonchev–Trinajstić information content (AvgIpc) is 2.46.